The van der Waals surface area contributed by atoms with E-state index in [1.807, 2.05) is 0 Å². The highest BCUT2D eigenvalue weighted by Crippen LogP contribution is 2.37. The number of rotatable bonds is 4. The van der Waals surface area contributed by atoms with Crippen LogP contribution in [0, 0.1) is 0 Å². The summed E-state index contributed by atoms with van der Waals surface area (Å²) >= 11 is 0. The van der Waals surface area contributed by atoms with Gasteiger partial charge in [-0.15, -0.1) is 0 Å². The molecule has 0 aliphatic heterocycles. The van der Waals surface area contributed by atoms with Gasteiger partial charge in [-0.3, -0.25) is 9.59 Å². The summed E-state index contributed by atoms with van der Waals surface area (Å²) < 4.78 is 20.8. The number of hydrogen-bond acceptors (Lipinski definition) is 8. The number of ether oxygens (including phenoxy) is 4. The molecule has 8 heteroatoms. The van der Waals surface area contributed by atoms with Gasteiger partial charge < -0.3 is 18.9 Å². The van der Waals surface area contributed by atoms with Crippen LogP contribution in [-0.4, -0.2) is 23.9 Å². The summed E-state index contributed by atoms with van der Waals surface area (Å²) in [7, 11) is 0. The van der Waals surface area contributed by atoms with E-state index in [-0.39, 0.29) is 45.3 Å². The maximum absolute atomic E-state index is 13.4. The monoisotopic (exact) mass is 480 g/mol. The highest BCUT2D eigenvalue weighted by atomic mass is 16.7. The molecular weight excluding hydrogens is 464 g/mol. The van der Waals surface area contributed by atoms with Gasteiger partial charge in [-0.05, 0) is 36.4 Å². The van der Waals surface area contributed by atoms with E-state index in [0.29, 0.717) is 0 Å². The van der Waals surface area contributed by atoms with E-state index in [2.05, 4.69) is 0 Å². The molecule has 0 N–H and O–H groups in total. The Balaban J connectivity index is 1.42. The average molecular weight is 480 g/mol. The van der Waals surface area contributed by atoms with E-state index < -0.39 is 23.9 Å². The number of fused-ring (bicyclic) bond motifs is 2. The molecule has 1 aliphatic rings. The molecule has 0 aromatic heterocycles. The van der Waals surface area contributed by atoms with Crippen LogP contribution >= 0.6 is 0 Å². The van der Waals surface area contributed by atoms with Crippen molar-refractivity contribution in [1.82, 2.24) is 0 Å². The Hall–Kier alpha value is -5.24. The molecule has 0 saturated carbocycles. The van der Waals surface area contributed by atoms with Crippen molar-refractivity contribution >= 4 is 23.9 Å². The van der Waals surface area contributed by atoms with Gasteiger partial charge in [0.15, 0.2) is 11.6 Å². The van der Waals surface area contributed by atoms with Crippen LogP contribution in [0.15, 0.2) is 97.1 Å². The number of carbonyl (C=O) groups excluding carboxylic acids is 4. The molecule has 0 heterocycles. The Morgan fingerprint density at radius 3 is 1.22 bits per heavy atom. The number of benzene rings is 4. The molecule has 0 fully saturated rings. The van der Waals surface area contributed by atoms with Crippen molar-refractivity contribution in [3.8, 4) is 23.0 Å². The third-order valence-electron chi connectivity index (χ3n) is 5.27. The predicted octanol–water partition coefficient (Wildman–Crippen LogP) is 5.62. The lowest BCUT2D eigenvalue weighted by Gasteiger charge is -2.21. The van der Waals surface area contributed by atoms with Crippen LogP contribution in [0.1, 0.15) is 31.8 Å². The third kappa shape index (κ3) is 4.43. The smallest absolute Gasteiger partial charge is 0.395 e. The largest absolute Gasteiger partial charge is 0.519 e. The molecule has 4 aromatic carbocycles. The van der Waals surface area contributed by atoms with Gasteiger partial charge in [0.2, 0.25) is 0 Å². The Morgan fingerprint density at radius 2 is 0.833 bits per heavy atom. The normalized spacial score (nSPS) is 11.7. The molecule has 0 spiro atoms. The van der Waals surface area contributed by atoms with Crippen molar-refractivity contribution in [2.45, 2.75) is 0 Å². The molecule has 4 aromatic rings. The second-order valence-electron chi connectivity index (χ2n) is 7.55. The highest BCUT2D eigenvalue weighted by molar-refractivity contribution is 6.30. The predicted molar refractivity (Wildman–Crippen MR) is 126 cm³/mol. The van der Waals surface area contributed by atoms with E-state index in [9.17, 15) is 19.2 Å². The van der Waals surface area contributed by atoms with Crippen LogP contribution in [0.25, 0.3) is 0 Å². The van der Waals surface area contributed by atoms with Crippen molar-refractivity contribution in [2.75, 3.05) is 0 Å². The zero-order chi connectivity index (χ0) is 25.1. The molecule has 8 nitrogen and oxygen atoms in total. The molecule has 176 valence electrons. The molecule has 0 bridgehead atoms. The van der Waals surface area contributed by atoms with Crippen LogP contribution in [-0.2, 0) is 0 Å². The first-order chi connectivity index (χ1) is 17.5. The zero-order valence-electron chi connectivity index (χ0n) is 18.5. The topological polar surface area (TPSA) is 105 Å². The minimum atomic E-state index is -1.07. The summed E-state index contributed by atoms with van der Waals surface area (Å²) in [6, 6.07) is 25.1. The Bertz CT molecular complexity index is 1380. The average Bonchev–Trinajstić information content (AvgIpc) is 2.88. The van der Waals surface area contributed by atoms with Crippen molar-refractivity contribution < 1.29 is 38.1 Å². The Kier molecular flexibility index (Phi) is 5.98. The second-order valence-corrected chi connectivity index (χ2v) is 7.55. The van der Waals surface area contributed by atoms with Crippen LogP contribution in [0.4, 0.5) is 9.59 Å². The fraction of sp³-hybridized carbons (Fsp3) is 0. The van der Waals surface area contributed by atoms with E-state index in [1.54, 1.807) is 60.7 Å². The first-order valence-electron chi connectivity index (χ1n) is 10.8. The van der Waals surface area contributed by atoms with Gasteiger partial charge in [0, 0.05) is 11.1 Å². The molecule has 1 aliphatic carbocycles. The molecule has 0 amide bonds. The van der Waals surface area contributed by atoms with Gasteiger partial charge in [-0.1, -0.05) is 60.7 Å². The van der Waals surface area contributed by atoms with Gasteiger partial charge in [0.05, 0.1) is 11.1 Å². The molecule has 0 saturated heterocycles. The van der Waals surface area contributed by atoms with Crippen molar-refractivity contribution in [1.29, 1.82) is 0 Å². The first kappa shape index (κ1) is 22.5. The molecular formula is C28H16O8. The van der Waals surface area contributed by atoms with Crippen LogP contribution < -0.4 is 18.9 Å². The fourth-order valence-corrected chi connectivity index (χ4v) is 3.74. The maximum atomic E-state index is 13.4. The van der Waals surface area contributed by atoms with Gasteiger partial charge in [0.1, 0.15) is 23.0 Å². The summed E-state index contributed by atoms with van der Waals surface area (Å²) in [6.45, 7) is 0. The minimum Gasteiger partial charge on any atom is -0.395 e. The van der Waals surface area contributed by atoms with E-state index in [1.165, 1.54) is 36.4 Å². The van der Waals surface area contributed by atoms with Gasteiger partial charge >= 0.3 is 12.3 Å². The number of para-hydroxylation sites is 2. The van der Waals surface area contributed by atoms with Crippen LogP contribution in [0.3, 0.4) is 0 Å². The van der Waals surface area contributed by atoms with Crippen molar-refractivity contribution in [3.63, 3.8) is 0 Å². The number of ketones is 2. The molecule has 0 unspecified atom stereocenters. The van der Waals surface area contributed by atoms with E-state index >= 15 is 0 Å². The van der Waals surface area contributed by atoms with Crippen LogP contribution in [0.2, 0.25) is 0 Å². The lowest BCUT2D eigenvalue weighted by Crippen LogP contribution is -2.25. The Morgan fingerprint density at radius 1 is 0.444 bits per heavy atom. The standard InChI is InChI=1S/C28H16O8/c29-25-20-14-8-16-22(36-28(32)34-18-11-5-2-6-12-18)24(20)26(30)19-13-7-15-21(23(19)25)35-27(31)33-17-9-3-1-4-10-17/h1-16H. The summed E-state index contributed by atoms with van der Waals surface area (Å²) in [4.78, 5) is 51.4. The fourth-order valence-electron chi connectivity index (χ4n) is 3.74. The highest BCUT2D eigenvalue weighted by Gasteiger charge is 2.36. The van der Waals surface area contributed by atoms with E-state index in [4.69, 9.17) is 18.9 Å². The van der Waals surface area contributed by atoms with Gasteiger partial charge in [0.25, 0.3) is 0 Å². The van der Waals surface area contributed by atoms with Gasteiger partial charge in [-0.25, -0.2) is 9.59 Å². The van der Waals surface area contributed by atoms with Crippen molar-refractivity contribution in [3.05, 3.63) is 119 Å². The second kappa shape index (κ2) is 9.55. The SMILES string of the molecule is O=C(Oc1ccccc1)Oc1cccc2c1C(=O)c1cccc(OC(=O)Oc3ccccc3)c1C2=O. The summed E-state index contributed by atoms with van der Waals surface area (Å²) in [5.74, 6) is -0.915. The minimum absolute atomic E-state index is 0.00927. The first-order valence-corrected chi connectivity index (χ1v) is 10.8. The third-order valence-corrected chi connectivity index (χ3v) is 5.27. The maximum Gasteiger partial charge on any atom is 0.519 e. The lowest BCUT2D eigenvalue weighted by molar-refractivity contribution is 0.0970. The van der Waals surface area contributed by atoms with Crippen LogP contribution in [0.5, 0.6) is 23.0 Å². The molecule has 0 radical (unpaired) electrons. The summed E-state index contributed by atoms with van der Waals surface area (Å²) in [5.41, 5.74) is -0.206. The number of carbonyl (C=O) groups is 4. The van der Waals surface area contributed by atoms with E-state index in [0.717, 1.165) is 0 Å². The number of hydrogen-bond donors (Lipinski definition) is 0. The van der Waals surface area contributed by atoms with Crippen molar-refractivity contribution in [2.24, 2.45) is 0 Å². The van der Waals surface area contributed by atoms with Gasteiger partial charge in [-0.2, -0.15) is 0 Å². The summed E-state index contributed by atoms with van der Waals surface area (Å²) in [6.07, 6.45) is -2.14. The lowest BCUT2D eigenvalue weighted by atomic mass is 9.83. The molecule has 36 heavy (non-hydrogen) atoms. The molecule has 5 rings (SSSR count). The summed E-state index contributed by atoms with van der Waals surface area (Å²) in [5, 5.41) is 0. The molecule has 0 atom stereocenters. The Labute approximate surface area is 204 Å². The zero-order valence-corrected chi connectivity index (χ0v) is 18.5. The quantitative estimate of drug-likeness (QED) is 0.241.